The monoisotopic (exact) mass is 553 g/mol. The molecule has 2 N–H and O–H groups in total. The van der Waals surface area contributed by atoms with E-state index in [4.69, 9.17) is 14.2 Å². The zero-order valence-electron chi connectivity index (χ0n) is 23.1. The number of nitro groups is 1. The van der Waals surface area contributed by atoms with Crippen molar-refractivity contribution in [1.82, 2.24) is 5.32 Å². The number of hydrogen-bond acceptors (Lipinski definition) is 10. The van der Waals surface area contributed by atoms with Gasteiger partial charge in [-0.15, -0.1) is 0 Å². The average molecular weight is 554 g/mol. The van der Waals surface area contributed by atoms with Crippen LogP contribution in [0.25, 0.3) is 0 Å². The number of carbonyl (C=O) groups excluding carboxylic acids is 2. The van der Waals surface area contributed by atoms with Crippen molar-refractivity contribution in [2.75, 3.05) is 25.2 Å². The van der Waals surface area contributed by atoms with Gasteiger partial charge in [-0.3, -0.25) is 15.4 Å². The number of hydrogen-bond donors (Lipinski definition) is 2. The minimum atomic E-state index is -0.852. The number of carbonyl (C=O) groups is 2. The van der Waals surface area contributed by atoms with Gasteiger partial charge in [0, 0.05) is 36.5 Å². The largest absolute Gasteiger partial charge is 0.491 e. The molecule has 1 aliphatic heterocycles. The average Bonchev–Trinajstić information content (AvgIpc) is 2.95. The van der Waals surface area contributed by atoms with Crippen LogP contribution in [0.5, 0.6) is 5.75 Å². The molecule has 2 unspecified atom stereocenters. The number of aliphatic hydroxyl groups is 1. The lowest BCUT2D eigenvalue weighted by molar-refractivity contribution is -0.384. The van der Waals surface area contributed by atoms with Gasteiger partial charge in [0.2, 0.25) is 0 Å². The van der Waals surface area contributed by atoms with Crippen LogP contribution in [0.4, 0.5) is 11.4 Å². The van der Waals surface area contributed by atoms with Crippen molar-refractivity contribution in [3.8, 4) is 5.75 Å². The molecule has 0 fully saturated rings. The van der Waals surface area contributed by atoms with Crippen molar-refractivity contribution < 1.29 is 33.8 Å². The predicted octanol–water partition coefficient (Wildman–Crippen LogP) is 4.22. The van der Waals surface area contributed by atoms with Crippen LogP contribution in [-0.4, -0.2) is 54.6 Å². The number of nitro benzene ring substituents is 1. The van der Waals surface area contributed by atoms with Crippen LogP contribution in [0.1, 0.15) is 40.0 Å². The minimum absolute atomic E-state index is 0.0268. The minimum Gasteiger partial charge on any atom is -0.491 e. The molecule has 1 heterocycles. The van der Waals surface area contributed by atoms with Gasteiger partial charge in [0.05, 0.1) is 28.9 Å². The highest BCUT2D eigenvalue weighted by atomic mass is 16.6. The molecule has 0 bridgehead atoms. The van der Waals surface area contributed by atoms with Crippen molar-refractivity contribution in [1.29, 1.82) is 0 Å². The quantitative estimate of drug-likeness (QED) is 0.160. The number of rotatable bonds is 13. The van der Waals surface area contributed by atoms with E-state index in [2.05, 4.69) is 5.32 Å². The number of non-ortho nitro benzene ring substituents is 1. The second kappa shape index (κ2) is 14.2. The van der Waals surface area contributed by atoms with Gasteiger partial charge in [0.25, 0.3) is 5.69 Å². The molecule has 214 valence electrons. The number of esters is 2. The highest BCUT2D eigenvalue weighted by Crippen LogP contribution is 2.37. The topological polar surface area (TPSA) is 140 Å². The van der Waals surface area contributed by atoms with Crippen LogP contribution in [0.2, 0.25) is 0 Å². The molecular formula is C29H35N3O8. The van der Waals surface area contributed by atoms with Gasteiger partial charge in [-0.2, -0.15) is 0 Å². The number of aliphatic hydroxyl groups excluding tert-OH is 1. The van der Waals surface area contributed by atoms with E-state index < -0.39 is 29.2 Å². The lowest BCUT2D eigenvalue weighted by Gasteiger charge is -2.34. The van der Waals surface area contributed by atoms with Crippen molar-refractivity contribution in [3.05, 3.63) is 87.3 Å². The number of anilines is 1. The fourth-order valence-corrected chi connectivity index (χ4v) is 4.35. The molecule has 11 nitrogen and oxygen atoms in total. The summed E-state index contributed by atoms with van der Waals surface area (Å²) in [7, 11) is 1.25. The number of nitrogens with one attached hydrogen (secondary N) is 1. The van der Waals surface area contributed by atoms with Crippen molar-refractivity contribution in [2.24, 2.45) is 0 Å². The molecule has 0 saturated carbocycles. The Labute approximate surface area is 233 Å². The number of methoxy groups -OCH3 is 1. The third kappa shape index (κ3) is 7.67. The first-order valence-electron chi connectivity index (χ1n) is 13.0. The summed E-state index contributed by atoms with van der Waals surface area (Å²) in [6, 6.07) is 15.0. The Bertz CT molecular complexity index is 1280. The maximum Gasteiger partial charge on any atom is 0.337 e. The van der Waals surface area contributed by atoms with Gasteiger partial charge in [0.15, 0.2) is 6.23 Å². The highest BCUT2D eigenvalue weighted by Gasteiger charge is 2.33. The second-order valence-corrected chi connectivity index (χ2v) is 9.28. The van der Waals surface area contributed by atoms with E-state index in [0.717, 1.165) is 0 Å². The van der Waals surface area contributed by atoms with Crippen LogP contribution in [0, 0.1) is 10.1 Å². The molecule has 0 aromatic heterocycles. The lowest BCUT2D eigenvalue weighted by atomic mass is 9.95. The first-order chi connectivity index (χ1) is 19.2. The Hall–Kier alpha value is -4.22. The maximum absolute atomic E-state index is 13.4. The van der Waals surface area contributed by atoms with Gasteiger partial charge in [-0.25, -0.2) is 9.59 Å². The number of allylic oxidation sites excluding steroid dienone is 2. The lowest BCUT2D eigenvalue weighted by Crippen LogP contribution is -2.41. The predicted molar refractivity (Wildman–Crippen MR) is 148 cm³/mol. The molecule has 1 aliphatic rings. The normalized spacial score (nSPS) is 15.0. The van der Waals surface area contributed by atoms with Crippen LogP contribution in [0.3, 0.4) is 0 Å². The Morgan fingerprint density at radius 2 is 1.75 bits per heavy atom. The molecule has 2 aromatic carbocycles. The van der Waals surface area contributed by atoms with Gasteiger partial charge in [-0.1, -0.05) is 37.6 Å². The summed E-state index contributed by atoms with van der Waals surface area (Å²) in [5.41, 5.74) is 1.71. The number of para-hydroxylation sites is 1. The van der Waals surface area contributed by atoms with Crippen LogP contribution < -0.4 is 15.0 Å². The molecule has 11 heteroatoms. The van der Waals surface area contributed by atoms with Crippen molar-refractivity contribution in [2.45, 2.75) is 52.4 Å². The van der Waals surface area contributed by atoms with Crippen LogP contribution >= 0.6 is 0 Å². The molecule has 0 amide bonds. The molecule has 2 aromatic rings. The van der Waals surface area contributed by atoms with E-state index in [1.807, 2.05) is 25.1 Å². The Kier molecular flexibility index (Phi) is 10.8. The zero-order chi connectivity index (χ0) is 29.2. The molecule has 3 rings (SSSR count). The number of nitrogens with zero attached hydrogens (tertiary/aromatic N) is 2. The summed E-state index contributed by atoms with van der Waals surface area (Å²) in [6.45, 7) is 5.50. The molecule has 40 heavy (non-hydrogen) atoms. The first-order valence-corrected chi connectivity index (χ1v) is 13.0. The summed E-state index contributed by atoms with van der Waals surface area (Å²) in [6.07, 6.45) is -0.399. The smallest absolute Gasteiger partial charge is 0.337 e. The van der Waals surface area contributed by atoms with Gasteiger partial charge in [0.1, 0.15) is 18.5 Å². The van der Waals surface area contributed by atoms with E-state index in [1.54, 1.807) is 36.9 Å². The fraction of sp³-hybridized carbons (Fsp3) is 0.379. The third-order valence-corrected chi connectivity index (χ3v) is 6.44. The highest BCUT2D eigenvalue weighted by molar-refractivity contribution is 5.98. The molecule has 0 radical (unpaired) electrons. The standard InChI is InChI=1S/C29H35N3O8/c1-5-10-27(30-17-23(33)18-39-24-13-7-6-8-14-24)40-29(35)26-16-25(28(34)38-4)19(2)31(20(26)3)21-11-9-12-22(15-21)32(36)37/h6-9,11-15,23,27,30,33H,5,10,16-18H2,1-4H3. The van der Waals surface area contributed by atoms with E-state index in [9.17, 15) is 24.8 Å². The van der Waals surface area contributed by atoms with Crippen molar-refractivity contribution in [3.63, 3.8) is 0 Å². The van der Waals surface area contributed by atoms with Crippen LogP contribution in [-0.2, 0) is 19.1 Å². The summed E-state index contributed by atoms with van der Waals surface area (Å²) < 4.78 is 16.3. The van der Waals surface area contributed by atoms with Crippen LogP contribution in [0.15, 0.2) is 77.1 Å². The van der Waals surface area contributed by atoms with E-state index in [1.165, 1.54) is 25.3 Å². The van der Waals surface area contributed by atoms with Crippen molar-refractivity contribution >= 4 is 23.3 Å². The SMILES string of the molecule is CCCC(NCC(O)COc1ccccc1)OC(=O)C1=C(C)N(c2cccc([N+](=O)[O-])c2)C(C)=C(C(=O)OC)C1. The molecule has 0 spiro atoms. The maximum atomic E-state index is 13.4. The summed E-state index contributed by atoms with van der Waals surface area (Å²) in [5.74, 6) is -0.630. The molecular weight excluding hydrogens is 518 g/mol. The van der Waals surface area contributed by atoms with Gasteiger partial charge >= 0.3 is 11.9 Å². The zero-order valence-corrected chi connectivity index (χ0v) is 23.1. The van der Waals surface area contributed by atoms with E-state index in [0.29, 0.717) is 35.7 Å². The van der Waals surface area contributed by atoms with E-state index >= 15 is 0 Å². The summed E-state index contributed by atoms with van der Waals surface area (Å²) in [4.78, 5) is 38.6. The second-order valence-electron chi connectivity index (χ2n) is 9.28. The Morgan fingerprint density at radius 1 is 1.07 bits per heavy atom. The summed E-state index contributed by atoms with van der Waals surface area (Å²) >= 11 is 0. The Morgan fingerprint density at radius 3 is 2.38 bits per heavy atom. The third-order valence-electron chi connectivity index (χ3n) is 6.44. The number of benzene rings is 2. The summed E-state index contributed by atoms with van der Waals surface area (Å²) in [5, 5.41) is 24.8. The van der Waals surface area contributed by atoms with E-state index in [-0.39, 0.29) is 36.4 Å². The molecule has 0 saturated heterocycles. The van der Waals surface area contributed by atoms with Gasteiger partial charge in [-0.05, 0) is 38.5 Å². The number of ether oxygens (including phenoxy) is 3. The molecule has 2 atom stereocenters. The van der Waals surface area contributed by atoms with Gasteiger partial charge < -0.3 is 24.2 Å². The molecule has 0 aliphatic carbocycles. The fourth-order valence-electron chi connectivity index (χ4n) is 4.35. The Balaban J connectivity index is 1.79. The first kappa shape index (κ1) is 30.3.